The van der Waals surface area contributed by atoms with Crippen LogP contribution < -0.4 is 5.32 Å². The molecule has 2 N–H and O–H groups in total. The molecular formula is C10H18N2O2S. The number of ketones is 1. The number of allylic oxidation sites excluding steroid dienone is 2. The number of Topliss-reactive ketones (excluding diaryl/α,β-unsaturated/α-hetero) is 1. The van der Waals surface area contributed by atoms with Crippen molar-refractivity contribution in [1.29, 1.82) is 0 Å². The summed E-state index contributed by atoms with van der Waals surface area (Å²) in [4.78, 5) is 12.7. The molecule has 15 heavy (non-hydrogen) atoms. The van der Waals surface area contributed by atoms with Gasteiger partial charge in [0.15, 0.2) is 5.78 Å². The number of nitrogens with zero attached hydrogens (tertiary/aromatic N) is 1. The van der Waals surface area contributed by atoms with Gasteiger partial charge in [-0.2, -0.15) is 12.6 Å². The molecule has 0 aliphatic rings. The van der Waals surface area contributed by atoms with Crippen LogP contribution in [0, 0.1) is 0 Å². The van der Waals surface area contributed by atoms with Gasteiger partial charge >= 0.3 is 0 Å². The van der Waals surface area contributed by atoms with E-state index >= 15 is 0 Å². The summed E-state index contributed by atoms with van der Waals surface area (Å²) in [5, 5.41) is 12.2. The van der Waals surface area contributed by atoms with Gasteiger partial charge in [-0.05, 0) is 6.92 Å². The fourth-order valence-electron chi connectivity index (χ4n) is 1.14. The second kappa shape index (κ2) is 7.23. The van der Waals surface area contributed by atoms with Gasteiger partial charge in [-0.1, -0.05) is 6.08 Å². The van der Waals surface area contributed by atoms with Crippen molar-refractivity contribution < 1.29 is 9.90 Å². The van der Waals surface area contributed by atoms with Crippen molar-refractivity contribution in [3.8, 4) is 0 Å². The molecule has 0 rings (SSSR count). The Kier molecular flexibility index (Phi) is 6.70. The molecule has 0 aromatic heterocycles. The topological polar surface area (TPSA) is 52.6 Å². The average molecular weight is 230 g/mol. The summed E-state index contributed by atoms with van der Waals surface area (Å²) >= 11 is 4.00. The Hall–Kier alpha value is -1.10. The van der Waals surface area contributed by atoms with Crippen LogP contribution in [0.25, 0.3) is 0 Å². The predicted octanol–water partition coefficient (Wildman–Crippen LogP) is 1.29. The summed E-state index contributed by atoms with van der Waals surface area (Å²) in [5.41, 5.74) is 0.536. The van der Waals surface area contributed by atoms with Crippen LogP contribution in [0.1, 0.15) is 13.8 Å². The van der Waals surface area contributed by atoms with E-state index in [0.717, 1.165) is 0 Å². The highest BCUT2D eigenvalue weighted by atomic mass is 32.1. The molecule has 0 aromatic carbocycles. The van der Waals surface area contributed by atoms with Gasteiger partial charge in [-0.25, -0.2) is 0 Å². The first kappa shape index (κ1) is 13.9. The van der Waals surface area contributed by atoms with Crippen LogP contribution in [-0.2, 0) is 4.79 Å². The van der Waals surface area contributed by atoms with Gasteiger partial charge in [0.25, 0.3) is 0 Å². The van der Waals surface area contributed by atoms with Crippen LogP contribution in [0.3, 0.4) is 0 Å². The number of thiol groups is 1. The normalized spacial score (nSPS) is 12.5. The summed E-state index contributed by atoms with van der Waals surface area (Å²) in [6.07, 6.45) is 3.16. The predicted molar refractivity (Wildman–Crippen MR) is 64.8 cm³/mol. The monoisotopic (exact) mass is 230 g/mol. The zero-order valence-corrected chi connectivity index (χ0v) is 10.2. The molecule has 0 unspecified atom stereocenters. The lowest BCUT2D eigenvalue weighted by Crippen LogP contribution is -2.22. The number of aliphatic hydroxyl groups excluding tert-OH is 1. The van der Waals surface area contributed by atoms with Crippen LogP contribution in [0.2, 0.25) is 0 Å². The van der Waals surface area contributed by atoms with E-state index in [2.05, 4.69) is 17.9 Å². The van der Waals surface area contributed by atoms with Crippen LogP contribution in [0.15, 0.2) is 23.9 Å². The van der Waals surface area contributed by atoms with Gasteiger partial charge in [0.05, 0.1) is 11.9 Å². The Morgan fingerprint density at radius 1 is 1.60 bits per heavy atom. The summed E-state index contributed by atoms with van der Waals surface area (Å²) in [7, 11) is 1.70. The van der Waals surface area contributed by atoms with Gasteiger partial charge in [0, 0.05) is 26.3 Å². The molecule has 0 heterocycles. The summed E-state index contributed by atoms with van der Waals surface area (Å²) < 4.78 is 0. The molecule has 0 atom stereocenters. The number of likely N-dealkylation sites (N-methyl/N-ethyl adjacent to an activating group) is 1. The lowest BCUT2D eigenvalue weighted by atomic mass is 10.3. The summed E-state index contributed by atoms with van der Waals surface area (Å²) in [6, 6.07) is 0. The van der Waals surface area contributed by atoms with E-state index in [4.69, 9.17) is 0 Å². The third-order valence-corrected chi connectivity index (χ3v) is 1.97. The first-order valence-electron chi connectivity index (χ1n) is 4.68. The molecule has 0 radical (unpaired) electrons. The molecule has 0 fully saturated rings. The summed E-state index contributed by atoms with van der Waals surface area (Å²) in [5.74, 6) is 0.607. The van der Waals surface area contributed by atoms with Gasteiger partial charge in [-0.3, -0.25) is 4.79 Å². The zero-order valence-electron chi connectivity index (χ0n) is 9.32. The second-order valence-corrected chi connectivity index (χ2v) is 3.45. The first-order valence-corrected chi connectivity index (χ1v) is 5.31. The molecule has 0 bridgehead atoms. The molecule has 0 spiro atoms. The molecule has 0 aromatic rings. The van der Waals surface area contributed by atoms with Crippen molar-refractivity contribution in [2.24, 2.45) is 0 Å². The number of carbonyl (C=O) groups excluding carboxylic acids is 1. The fraction of sp³-hybridized carbons (Fsp3) is 0.500. The first-order chi connectivity index (χ1) is 7.02. The van der Waals surface area contributed by atoms with Gasteiger partial charge < -0.3 is 15.3 Å². The summed E-state index contributed by atoms with van der Waals surface area (Å²) in [6.45, 7) is 3.83. The molecule has 0 amide bonds. The molecule has 5 heteroatoms. The Bertz CT molecular complexity index is 275. The Morgan fingerprint density at radius 3 is 2.60 bits per heavy atom. The van der Waals surface area contributed by atoms with Crippen LogP contribution in [-0.4, -0.2) is 35.1 Å². The van der Waals surface area contributed by atoms with Crippen LogP contribution in [0.4, 0.5) is 0 Å². The van der Waals surface area contributed by atoms with Crippen molar-refractivity contribution in [1.82, 2.24) is 10.2 Å². The number of rotatable bonds is 6. The maximum Gasteiger partial charge on any atom is 0.201 e. The van der Waals surface area contributed by atoms with E-state index in [1.54, 1.807) is 24.9 Å². The van der Waals surface area contributed by atoms with Gasteiger partial charge in [0.1, 0.15) is 0 Å². The van der Waals surface area contributed by atoms with Crippen molar-refractivity contribution >= 4 is 18.4 Å². The molecule has 0 aliphatic carbocycles. The quantitative estimate of drug-likeness (QED) is 0.365. The minimum atomic E-state index is -0.0433. The highest BCUT2D eigenvalue weighted by Gasteiger charge is 2.06. The Morgan fingerprint density at radius 2 is 2.20 bits per heavy atom. The largest absolute Gasteiger partial charge is 0.494 e. The van der Waals surface area contributed by atoms with E-state index in [1.165, 1.54) is 13.1 Å². The maximum absolute atomic E-state index is 11.2. The van der Waals surface area contributed by atoms with Gasteiger partial charge in [0.2, 0.25) is 5.88 Å². The van der Waals surface area contributed by atoms with E-state index in [9.17, 15) is 9.90 Å². The van der Waals surface area contributed by atoms with Gasteiger partial charge in [-0.15, -0.1) is 0 Å². The number of hydrogen-bond acceptors (Lipinski definition) is 5. The second-order valence-electron chi connectivity index (χ2n) is 3.01. The Balaban J connectivity index is 4.44. The maximum atomic E-state index is 11.2. The van der Waals surface area contributed by atoms with E-state index in [1.807, 2.05) is 0 Å². The zero-order chi connectivity index (χ0) is 11.8. The number of aliphatic hydroxyl groups is 1. The highest BCUT2D eigenvalue weighted by Crippen LogP contribution is 2.04. The van der Waals surface area contributed by atoms with Crippen LogP contribution in [0.5, 0.6) is 0 Å². The lowest BCUT2D eigenvalue weighted by Gasteiger charge is -2.16. The molecule has 86 valence electrons. The molecule has 4 nitrogen and oxygen atoms in total. The van der Waals surface area contributed by atoms with E-state index in [0.29, 0.717) is 18.0 Å². The van der Waals surface area contributed by atoms with E-state index in [-0.39, 0.29) is 11.7 Å². The number of hydrogen-bond donors (Lipinski definition) is 3. The molecule has 0 aliphatic heterocycles. The molecule has 0 saturated carbocycles. The third kappa shape index (κ3) is 5.37. The van der Waals surface area contributed by atoms with E-state index < -0.39 is 0 Å². The van der Waals surface area contributed by atoms with Crippen molar-refractivity contribution in [3.05, 3.63) is 23.9 Å². The average Bonchev–Trinajstić information content (AvgIpc) is 2.15. The minimum Gasteiger partial charge on any atom is -0.494 e. The standard InChI is InChI=1S/C10H18N2O2S/c1-4-9(8(2)13)12(3)7-10(14)11-5-6-15/h4,7,11,14-15H,5-6H2,1-3H3/b9-4-,10-7-. The minimum absolute atomic E-state index is 0.0205. The van der Waals surface area contributed by atoms with Crippen LogP contribution >= 0.6 is 12.6 Å². The Labute approximate surface area is 96.1 Å². The highest BCUT2D eigenvalue weighted by molar-refractivity contribution is 7.80. The third-order valence-electron chi connectivity index (χ3n) is 1.75. The van der Waals surface area contributed by atoms with Crippen molar-refractivity contribution in [2.75, 3.05) is 19.3 Å². The molecule has 0 saturated heterocycles. The number of carbonyl (C=O) groups is 1. The number of nitrogens with one attached hydrogen (secondary N) is 1. The van der Waals surface area contributed by atoms with Crippen molar-refractivity contribution in [2.45, 2.75) is 13.8 Å². The lowest BCUT2D eigenvalue weighted by molar-refractivity contribution is -0.114. The van der Waals surface area contributed by atoms with Crippen molar-refractivity contribution in [3.63, 3.8) is 0 Å². The molecular weight excluding hydrogens is 212 g/mol. The fourth-order valence-corrected chi connectivity index (χ4v) is 1.25. The SMILES string of the molecule is C/C=C(/C(C)=O)N(C)/C=C(\O)NCCS. The smallest absolute Gasteiger partial charge is 0.201 e.